The Balaban J connectivity index is 2.00. The second kappa shape index (κ2) is 5.34. The van der Waals surface area contributed by atoms with E-state index in [9.17, 15) is 22.0 Å². The number of hydrogen-bond acceptors (Lipinski definition) is 0. The summed E-state index contributed by atoms with van der Waals surface area (Å²) in [4.78, 5) is 5.48. The van der Waals surface area contributed by atoms with Gasteiger partial charge in [0.15, 0.2) is 0 Å². The van der Waals surface area contributed by atoms with Gasteiger partial charge in [-0.25, -0.2) is 8.78 Å². The number of fused-ring (bicyclic) bond motifs is 2. The Morgan fingerprint density at radius 1 is 0.720 bits per heavy atom. The maximum atomic E-state index is 13.9. The molecular formula is C18H11F5N2. The zero-order valence-corrected chi connectivity index (χ0v) is 12.6. The highest BCUT2D eigenvalue weighted by Gasteiger charge is 2.44. The lowest BCUT2D eigenvalue weighted by Gasteiger charge is -2.20. The lowest BCUT2D eigenvalue weighted by molar-refractivity contribution is -0.140. The average Bonchev–Trinajstić information content (AvgIpc) is 3.11. The van der Waals surface area contributed by atoms with Crippen molar-refractivity contribution in [2.45, 2.75) is 12.1 Å². The van der Waals surface area contributed by atoms with E-state index in [1.54, 1.807) is 0 Å². The first-order chi connectivity index (χ1) is 11.8. The molecule has 2 aromatic carbocycles. The molecule has 2 heterocycles. The molecule has 0 aliphatic heterocycles. The summed E-state index contributed by atoms with van der Waals surface area (Å²) in [5.74, 6) is -3.27. The van der Waals surface area contributed by atoms with Crippen molar-refractivity contribution in [1.29, 1.82) is 0 Å². The van der Waals surface area contributed by atoms with Crippen molar-refractivity contribution in [3.8, 4) is 0 Å². The van der Waals surface area contributed by atoms with Crippen molar-refractivity contribution < 1.29 is 22.0 Å². The van der Waals surface area contributed by atoms with Crippen molar-refractivity contribution in [2.24, 2.45) is 0 Å². The highest BCUT2D eigenvalue weighted by Crippen LogP contribution is 2.45. The molecule has 0 aliphatic carbocycles. The van der Waals surface area contributed by atoms with Gasteiger partial charge in [-0.3, -0.25) is 0 Å². The summed E-state index contributed by atoms with van der Waals surface area (Å²) < 4.78 is 68.8. The Morgan fingerprint density at radius 3 is 1.56 bits per heavy atom. The fraction of sp³-hybridized carbons (Fsp3) is 0.111. The Labute approximate surface area is 138 Å². The molecule has 0 fully saturated rings. The number of hydrogen-bond donors (Lipinski definition) is 2. The second-order valence-electron chi connectivity index (χ2n) is 5.84. The van der Waals surface area contributed by atoms with Gasteiger partial charge in [0.1, 0.15) is 17.6 Å². The number of nitrogens with one attached hydrogen (secondary N) is 2. The van der Waals surface area contributed by atoms with E-state index in [2.05, 4.69) is 9.97 Å². The van der Waals surface area contributed by atoms with Gasteiger partial charge < -0.3 is 9.97 Å². The number of aromatic amines is 2. The third-order valence-electron chi connectivity index (χ3n) is 4.30. The van der Waals surface area contributed by atoms with Crippen molar-refractivity contribution in [3.63, 3.8) is 0 Å². The Kier molecular flexibility index (Phi) is 3.35. The largest absolute Gasteiger partial charge is 0.399 e. The molecule has 0 aliphatic rings. The monoisotopic (exact) mass is 350 g/mol. The molecule has 0 amide bonds. The van der Waals surface area contributed by atoms with E-state index >= 15 is 0 Å². The summed E-state index contributed by atoms with van der Waals surface area (Å²) >= 11 is 0. The molecule has 128 valence electrons. The van der Waals surface area contributed by atoms with Gasteiger partial charge in [-0.1, -0.05) is 0 Å². The van der Waals surface area contributed by atoms with E-state index in [0.717, 1.165) is 12.1 Å². The topological polar surface area (TPSA) is 31.6 Å². The zero-order chi connectivity index (χ0) is 17.8. The number of benzene rings is 2. The van der Waals surface area contributed by atoms with Crippen molar-refractivity contribution in [2.75, 3.05) is 0 Å². The smallest absolute Gasteiger partial charge is 0.361 e. The maximum absolute atomic E-state index is 13.9. The van der Waals surface area contributed by atoms with Gasteiger partial charge in [-0.05, 0) is 47.5 Å². The number of rotatable bonds is 2. The highest BCUT2D eigenvalue weighted by atomic mass is 19.4. The SMILES string of the molecule is Fc1ccc2[nH]cc(C(c3c[nH]c4ccc(F)cc34)C(F)(F)F)c2c1. The molecule has 4 aromatic rings. The minimum Gasteiger partial charge on any atom is -0.361 e. The first-order valence-corrected chi connectivity index (χ1v) is 7.44. The van der Waals surface area contributed by atoms with E-state index in [4.69, 9.17) is 0 Å². The predicted molar refractivity (Wildman–Crippen MR) is 84.4 cm³/mol. The second-order valence-corrected chi connectivity index (χ2v) is 5.84. The van der Waals surface area contributed by atoms with Crippen LogP contribution in [0.5, 0.6) is 0 Å². The van der Waals surface area contributed by atoms with Crippen LogP contribution >= 0.6 is 0 Å². The first-order valence-electron chi connectivity index (χ1n) is 7.44. The van der Waals surface area contributed by atoms with E-state index in [1.165, 1.54) is 36.7 Å². The van der Waals surface area contributed by atoms with Gasteiger partial charge in [-0.2, -0.15) is 13.2 Å². The van der Waals surface area contributed by atoms with Crippen LogP contribution in [0.15, 0.2) is 48.8 Å². The molecule has 0 spiro atoms. The minimum absolute atomic E-state index is 0.104. The van der Waals surface area contributed by atoms with E-state index in [0.29, 0.717) is 11.0 Å². The average molecular weight is 350 g/mol. The van der Waals surface area contributed by atoms with Gasteiger partial charge in [0.05, 0.1) is 0 Å². The fourth-order valence-electron chi connectivity index (χ4n) is 3.23. The number of H-pyrrole nitrogens is 2. The maximum Gasteiger partial charge on any atom is 0.399 e. The van der Waals surface area contributed by atoms with Crippen molar-refractivity contribution in [3.05, 3.63) is 71.6 Å². The van der Waals surface area contributed by atoms with Crippen LogP contribution in [0.1, 0.15) is 17.0 Å². The molecule has 4 rings (SSSR count). The standard InChI is InChI=1S/C18H11F5N2/c19-9-1-3-15-11(5-9)13(7-24-15)17(18(21,22)23)14-8-25-16-4-2-10(20)6-12(14)16/h1-8,17,24-25H. The number of halogens is 5. The van der Waals surface area contributed by atoms with Crippen LogP contribution < -0.4 is 0 Å². The Hall–Kier alpha value is -2.83. The molecule has 2 nitrogen and oxygen atoms in total. The molecule has 0 unspecified atom stereocenters. The fourth-order valence-corrected chi connectivity index (χ4v) is 3.23. The highest BCUT2D eigenvalue weighted by molar-refractivity contribution is 5.88. The summed E-state index contributed by atoms with van der Waals surface area (Å²) in [5, 5.41) is 0.293. The van der Waals surface area contributed by atoms with E-state index in [1.807, 2.05) is 0 Å². The summed E-state index contributed by atoms with van der Waals surface area (Å²) in [6, 6.07) is 7.25. The first kappa shape index (κ1) is 15.7. The summed E-state index contributed by atoms with van der Waals surface area (Å²) in [6.07, 6.45) is -2.19. The molecule has 0 atom stereocenters. The molecular weight excluding hydrogens is 339 g/mol. The van der Waals surface area contributed by atoms with Crippen LogP contribution in [0, 0.1) is 11.6 Å². The summed E-state index contributed by atoms with van der Waals surface area (Å²) in [6.45, 7) is 0. The Morgan fingerprint density at radius 2 is 1.16 bits per heavy atom. The molecule has 2 aromatic heterocycles. The van der Waals surface area contributed by atoms with Crippen LogP contribution in [-0.4, -0.2) is 16.1 Å². The normalized spacial score (nSPS) is 12.6. The van der Waals surface area contributed by atoms with Gasteiger partial charge in [-0.15, -0.1) is 0 Å². The van der Waals surface area contributed by atoms with Crippen molar-refractivity contribution >= 4 is 21.8 Å². The van der Waals surface area contributed by atoms with Crippen LogP contribution in [0.25, 0.3) is 21.8 Å². The van der Waals surface area contributed by atoms with Crippen LogP contribution in [0.3, 0.4) is 0 Å². The van der Waals surface area contributed by atoms with E-state index < -0.39 is 23.7 Å². The van der Waals surface area contributed by atoms with E-state index in [-0.39, 0.29) is 21.9 Å². The summed E-state index contributed by atoms with van der Waals surface area (Å²) in [5.41, 5.74) is 0.590. The summed E-state index contributed by atoms with van der Waals surface area (Å²) in [7, 11) is 0. The van der Waals surface area contributed by atoms with Crippen LogP contribution in [-0.2, 0) is 0 Å². The lowest BCUT2D eigenvalue weighted by Crippen LogP contribution is -2.21. The predicted octanol–water partition coefficient (Wildman–Crippen LogP) is 5.62. The van der Waals surface area contributed by atoms with Gasteiger partial charge in [0.2, 0.25) is 0 Å². The molecule has 0 saturated carbocycles. The van der Waals surface area contributed by atoms with Gasteiger partial charge in [0.25, 0.3) is 0 Å². The van der Waals surface area contributed by atoms with Gasteiger partial charge >= 0.3 is 6.18 Å². The lowest BCUT2D eigenvalue weighted by atomic mass is 9.90. The number of aromatic nitrogens is 2. The molecule has 0 radical (unpaired) electrons. The third-order valence-corrected chi connectivity index (χ3v) is 4.30. The quantitative estimate of drug-likeness (QED) is 0.440. The molecule has 25 heavy (non-hydrogen) atoms. The van der Waals surface area contributed by atoms with Gasteiger partial charge in [0, 0.05) is 34.2 Å². The van der Waals surface area contributed by atoms with Crippen molar-refractivity contribution in [1.82, 2.24) is 9.97 Å². The molecule has 0 bridgehead atoms. The molecule has 0 saturated heterocycles. The van der Waals surface area contributed by atoms with Crippen LogP contribution in [0.2, 0.25) is 0 Å². The van der Waals surface area contributed by atoms with Crippen LogP contribution in [0.4, 0.5) is 22.0 Å². The molecule has 2 N–H and O–H groups in total. The zero-order valence-electron chi connectivity index (χ0n) is 12.6. The molecule has 7 heteroatoms. The third kappa shape index (κ3) is 2.56. The Bertz CT molecular complexity index is 994. The number of alkyl halides is 3. The minimum atomic E-state index is -4.64.